The Morgan fingerprint density at radius 3 is 2.82 bits per heavy atom. The smallest absolute Gasteiger partial charge is 0.276 e. The van der Waals surface area contributed by atoms with Gasteiger partial charge in [0.1, 0.15) is 0 Å². The Bertz CT molecular complexity index is 991. The lowest BCUT2D eigenvalue weighted by molar-refractivity contribution is -0.133. The molecule has 2 fully saturated rings. The second-order valence-corrected chi connectivity index (χ2v) is 9.07. The van der Waals surface area contributed by atoms with E-state index in [0.717, 1.165) is 62.3 Å². The molecule has 4 heterocycles. The van der Waals surface area contributed by atoms with Crippen molar-refractivity contribution in [3.8, 4) is 0 Å². The van der Waals surface area contributed by atoms with E-state index >= 15 is 0 Å². The van der Waals surface area contributed by atoms with E-state index in [4.69, 9.17) is 4.98 Å². The number of aromatic amines is 1. The molecule has 2 aliphatic heterocycles. The van der Waals surface area contributed by atoms with E-state index in [-0.39, 0.29) is 23.4 Å². The molecule has 2 aromatic rings. The van der Waals surface area contributed by atoms with Gasteiger partial charge in [-0.25, -0.2) is 9.50 Å². The van der Waals surface area contributed by atoms with Gasteiger partial charge in [0.25, 0.3) is 5.56 Å². The van der Waals surface area contributed by atoms with Crippen molar-refractivity contribution in [3.05, 3.63) is 33.4 Å². The molecule has 1 aliphatic carbocycles. The molecular weight excluding hydrogens is 354 g/mol. The minimum absolute atomic E-state index is 0.0151. The number of amides is 1. The molecule has 0 spiro atoms. The van der Waals surface area contributed by atoms with Crippen molar-refractivity contribution >= 4 is 11.6 Å². The monoisotopic (exact) mass is 383 g/mol. The number of carbonyl (C=O) groups excluding carboxylic acids is 1. The molecule has 28 heavy (non-hydrogen) atoms. The fourth-order valence-electron chi connectivity index (χ4n) is 4.88. The third-order valence-electron chi connectivity index (χ3n) is 6.87. The van der Waals surface area contributed by atoms with Crippen LogP contribution in [0, 0.1) is 11.8 Å². The van der Waals surface area contributed by atoms with Crippen LogP contribution < -0.4 is 5.56 Å². The van der Waals surface area contributed by atoms with Crippen molar-refractivity contribution in [1.29, 1.82) is 0 Å². The Labute approximate surface area is 164 Å². The number of aromatic nitrogens is 3. The summed E-state index contributed by atoms with van der Waals surface area (Å²) in [5.74, 6) is 0.984. The van der Waals surface area contributed by atoms with Crippen LogP contribution in [0.5, 0.6) is 0 Å². The highest BCUT2D eigenvalue weighted by atomic mass is 16.2. The van der Waals surface area contributed by atoms with Crippen LogP contribution in [0.2, 0.25) is 0 Å². The van der Waals surface area contributed by atoms with Gasteiger partial charge in [0.05, 0.1) is 17.4 Å². The molecule has 7 heteroatoms. The van der Waals surface area contributed by atoms with E-state index in [0.29, 0.717) is 17.6 Å². The van der Waals surface area contributed by atoms with Gasteiger partial charge in [0.15, 0.2) is 5.65 Å². The first-order chi connectivity index (χ1) is 13.4. The fraction of sp³-hybridized carbons (Fsp3) is 0.667. The van der Waals surface area contributed by atoms with Crippen molar-refractivity contribution in [2.45, 2.75) is 65.1 Å². The predicted octanol–water partition coefficient (Wildman–Crippen LogP) is 2.11. The zero-order valence-corrected chi connectivity index (χ0v) is 16.9. The van der Waals surface area contributed by atoms with Crippen LogP contribution in [0.3, 0.4) is 0 Å². The lowest BCUT2D eigenvalue weighted by Gasteiger charge is -2.30. The van der Waals surface area contributed by atoms with Gasteiger partial charge in [0, 0.05) is 43.2 Å². The molecule has 0 bridgehead atoms. The second-order valence-electron chi connectivity index (χ2n) is 9.07. The van der Waals surface area contributed by atoms with E-state index in [1.54, 1.807) is 4.52 Å². The summed E-state index contributed by atoms with van der Waals surface area (Å²) < 4.78 is 1.58. The first kappa shape index (κ1) is 17.9. The number of fused-ring (bicyclic) bond motifs is 2. The summed E-state index contributed by atoms with van der Waals surface area (Å²) in [6.45, 7) is 8.93. The van der Waals surface area contributed by atoms with Crippen LogP contribution in [0.1, 0.15) is 63.0 Å². The zero-order valence-electron chi connectivity index (χ0n) is 16.9. The highest BCUT2D eigenvalue weighted by Crippen LogP contribution is 2.43. The lowest BCUT2D eigenvalue weighted by Crippen LogP contribution is -2.39. The molecule has 5 rings (SSSR count). The fourth-order valence-corrected chi connectivity index (χ4v) is 4.88. The van der Waals surface area contributed by atoms with E-state index in [9.17, 15) is 9.59 Å². The maximum Gasteiger partial charge on any atom is 0.276 e. The number of nitrogens with one attached hydrogen (secondary N) is 1. The average molecular weight is 383 g/mol. The quantitative estimate of drug-likeness (QED) is 0.881. The Hall–Kier alpha value is -2.15. The molecule has 1 amide bonds. The third kappa shape index (κ3) is 2.79. The van der Waals surface area contributed by atoms with Crippen molar-refractivity contribution in [2.24, 2.45) is 11.8 Å². The molecule has 1 saturated carbocycles. The summed E-state index contributed by atoms with van der Waals surface area (Å²) in [6.07, 6.45) is 3.70. The third-order valence-corrected chi connectivity index (χ3v) is 6.87. The van der Waals surface area contributed by atoms with Gasteiger partial charge < -0.3 is 4.90 Å². The first-order valence-corrected chi connectivity index (χ1v) is 10.6. The average Bonchev–Trinajstić information content (AvgIpc) is 3.08. The van der Waals surface area contributed by atoms with Crippen LogP contribution in [0.25, 0.3) is 5.65 Å². The van der Waals surface area contributed by atoms with E-state index in [2.05, 4.69) is 30.8 Å². The van der Waals surface area contributed by atoms with Gasteiger partial charge in [-0.15, -0.1) is 0 Å². The largest absolute Gasteiger partial charge is 0.334 e. The number of rotatable bonds is 3. The SMILES string of the molecule is CC(C)N1CCc2c(nc3cc([C@H]4CCCN4C(=O)[C@@H]4C[C@@H]4C)[nH]n3c2=O)C1. The molecule has 3 aliphatic rings. The number of likely N-dealkylation sites (tertiary alicyclic amines) is 1. The van der Waals surface area contributed by atoms with Gasteiger partial charge in [-0.2, -0.15) is 0 Å². The van der Waals surface area contributed by atoms with Gasteiger partial charge >= 0.3 is 0 Å². The van der Waals surface area contributed by atoms with Crippen LogP contribution in [0.4, 0.5) is 0 Å². The van der Waals surface area contributed by atoms with Crippen LogP contribution in [-0.2, 0) is 17.8 Å². The molecular formula is C21H29N5O2. The molecule has 2 aromatic heterocycles. The molecule has 0 aromatic carbocycles. The van der Waals surface area contributed by atoms with E-state index in [1.807, 2.05) is 11.0 Å². The summed E-state index contributed by atoms with van der Waals surface area (Å²) in [5.41, 5.74) is 3.35. The number of hydrogen-bond donors (Lipinski definition) is 1. The van der Waals surface area contributed by atoms with Gasteiger partial charge in [-0.1, -0.05) is 6.92 Å². The minimum Gasteiger partial charge on any atom is -0.334 e. The standard InChI is InChI=1S/C21H29N5O2/c1-12(2)24-8-6-14-17(11-24)22-19-10-16(23-26(19)21(14)28)18-5-4-7-25(18)20(27)15-9-13(15)3/h10,12-13,15,18,23H,4-9,11H2,1-3H3/t13-,15+,18+/m0/s1. The topological polar surface area (TPSA) is 73.7 Å². The van der Waals surface area contributed by atoms with Crippen molar-refractivity contribution in [2.75, 3.05) is 13.1 Å². The second kappa shape index (κ2) is 6.44. The van der Waals surface area contributed by atoms with E-state index in [1.165, 1.54) is 0 Å². The number of hydrogen-bond acceptors (Lipinski definition) is 4. The molecule has 0 radical (unpaired) electrons. The van der Waals surface area contributed by atoms with Crippen LogP contribution in [0.15, 0.2) is 10.9 Å². The molecule has 150 valence electrons. The molecule has 3 atom stereocenters. The Morgan fingerprint density at radius 1 is 1.32 bits per heavy atom. The van der Waals surface area contributed by atoms with Gasteiger partial charge in [-0.3, -0.25) is 19.6 Å². The summed E-state index contributed by atoms with van der Waals surface area (Å²) in [5, 5.41) is 3.28. The minimum atomic E-state index is 0.0151. The highest BCUT2D eigenvalue weighted by Gasteiger charge is 2.44. The normalized spacial score (nSPS) is 27.6. The summed E-state index contributed by atoms with van der Waals surface area (Å²) >= 11 is 0. The number of nitrogens with zero attached hydrogens (tertiary/aromatic N) is 4. The molecule has 1 N–H and O–H groups in total. The summed E-state index contributed by atoms with van der Waals surface area (Å²) in [7, 11) is 0. The summed E-state index contributed by atoms with van der Waals surface area (Å²) in [6, 6.07) is 2.45. The van der Waals surface area contributed by atoms with E-state index < -0.39 is 0 Å². The van der Waals surface area contributed by atoms with Crippen LogP contribution in [-0.4, -0.2) is 49.4 Å². The maximum absolute atomic E-state index is 13.0. The van der Waals surface area contributed by atoms with Gasteiger partial charge in [0.2, 0.25) is 5.91 Å². The summed E-state index contributed by atoms with van der Waals surface area (Å²) in [4.78, 5) is 35.1. The maximum atomic E-state index is 13.0. The Morgan fingerprint density at radius 2 is 2.11 bits per heavy atom. The Kier molecular flexibility index (Phi) is 4.12. The van der Waals surface area contributed by atoms with Crippen molar-refractivity contribution < 1.29 is 4.79 Å². The van der Waals surface area contributed by atoms with Crippen molar-refractivity contribution in [3.63, 3.8) is 0 Å². The van der Waals surface area contributed by atoms with Gasteiger partial charge in [-0.05, 0) is 45.4 Å². The first-order valence-electron chi connectivity index (χ1n) is 10.6. The lowest BCUT2D eigenvalue weighted by atomic mass is 10.1. The molecule has 0 unspecified atom stereocenters. The predicted molar refractivity (Wildman–Crippen MR) is 106 cm³/mol. The zero-order chi connectivity index (χ0) is 19.6. The highest BCUT2D eigenvalue weighted by molar-refractivity contribution is 5.82. The Balaban J connectivity index is 1.49. The number of carbonyl (C=O) groups is 1. The molecule has 1 saturated heterocycles. The molecule has 7 nitrogen and oxygen atoms in total. The van der Waals surface area contributed by atoms with Crippen molar-refractivity contribution in [1.82, 2.24) is 24.4 Å². The number of H-pyrrole nitrogens is 1. The van der Waals surface area contributed by atoms with Crippen LogP contribution >= 0.6 is 0 Å².